The van der Waals surface area contributed by atoms with Gasteiger partial charge in [0.1, 0.15) is 11.3 Å². The molecule has 0 aliphatic carbocycles. The number of nitrogens with two attached hydrogens (primary N) is 1. The quantitative estimate of drug-likeness (QED) is 0.266. The topological polar surface area (TPSA) is 134 Å². The molecule has 0 saturated heterocycles. The molecule has 0 aliphatic heterocycles. The van der Waals surface area contributed by atoms with Gasteiger partial charge in [-0.25, -0.2) is 14.5 Å². The average Bonchev–Trinajstić information content (AvgIpc) is 3.54. The Balaban J connectivity index is 1.45. The van der Waals surface area contributed by atoms with E-state index in [9.17, 15) is 9.90 Å². The monoisotopic (exact) mass is 537 g/mol. The summed E-state index contributed by atoms with van der Waals surface area (Å²) in [5.74, 6) is 0.218. The zero-order valence-corrected chi connectivity index (χ0v) is 22.7. The molecule has 2 aromatic heterocycles. The van der Waals surface area contributed by atoms with Crippen LogP contribution < -0.4 is 5.73 Å². The minimum Gasteiger partial charge on any atom is -0.461 e. The van der Waals surface area contributed by atoms with E-state index in [1.165, 1.54) is 0 Å². The first kappa shape index (κ1) is 26.8. The van der Waals surface area contributed by atoms with E-state index in [-0.39, 0.29) is 30.5 Å². The fourth-order valence-electron chi connectivity index (χ4n) is 4.63. The lowest BCUT2D eigenvalue weighted by molar-refractivity contribution is 0.0469. The number of hydrogen-bond donors (Lipinski definition) is 2. The molecule has 0 aliphatic rings. The largest absolute Gasteiger partial charge is 0.461 e. The van der Waals surface area contributed by atoms with Gasteiger partial charge in [-0.2, -0.15) is 0 Å². The molecule has 0 atom stereocenters. The Morgan fingerprint density at radius 3 is 2.25 bits per heavy atom. The molecule has 0 saturated carbocycles. The van der Waals surface area contributed by atoms with E-state index in [2.05, 4.69) is 20.5 Å². The zero-order valence-electron chi connectivity index (χ0n) is 22.7. The molecule has 10 heteroatoms. The van der Waals surface area contributed by atoms with Crippen molar-refractivity contribution in [2.24, 2.45) is 0 Å². The van der Waals surface area contributed by atoms with Crippen molar-refractivity contribution in [3.63, 3.8) is 0 Å². The van der Waals surface area contributed by atoms with Gasteiger partial charge in [-0.15, -0.1) is 5.10 Å². The predicted molar refractivity (Wildman–Crippen MR) is 151 cm³/mol. The van der Waals surface area contributed by atoms with Crippen molar-refractivity contribution in [1.29, 1.82) is 0 Å². The van der Waals surface area contributed by atoms with Crippen LogP contribution in [0.5, 0.6) is 0 Å². The molecule has 0 radical (unpaired) electrons. The Hall–Kier alpha value is -4.83. The van der Waals surface area contributed by atoms with Crippen LogP contribution in [-0.4, -0.2) is 47.4 Å². The molecule has 5 aromatic rings. The highest BCUT2D eigenvalue weighted by molar-refractivity contribution is 5.90. The van der Waals surface area contributed by atoms with E-state index in [1.54, 1.807) is 30.0 Å². The van der Waals surface area contributed by atoms with Gasteiger partial charge < -0.3 is 20.1 Å². The van der Waals surface area contributed by atoms with Gasteiger partial charge in [-0.05, 0) is 53.5 Å². The number of imidazole rings is 1. The molecule has 40 heavy (non-hydrogen) atoms. The lowest BCUT2D eigenvalue weighted by atomic mass is 9.98. The summed E-state index contributed by atoms with van der Waals surface area (Å²) in [6.07, 6.45) is 0. The summed E-state index contributed by atoms with van der Waals surface area (Å²) in [6, 6.07) is 26.0. The molecule has 0 bridgehead atoms. The molecule has 0 amide bonds. The first-order valence-electron chi connectivity index (χ1n) is 13.0. The number of aromatic nitrogens is 6. The normalized spacial score (nSPS) is 11.5. The molecular formula is C30H31N7O3. The number of rotatable bonds is 9. The van der Waals surface area contributed by atoms with Gasteiger partial charge in [-0.3, -0.25) is 0 Å². The number of tetrazole rings is 1. The highest BCUT2D eigenvalue weighted by Crippen LogP contribution is 2.32. The van der Waals surface area contributed by atoms with Crippen LogP contribution in [0.25, 0.3) is 22.5 Å². The fourth-order valence-corrected chi connectivity index (χ4v) is 4.63. The standard InChI is InChI=1S/C30H31N7O3/c1-4-40-28(38)25-26(30(2,3)39)32-29(31)36(25)18-21-14-16-22(17-15-21)23-12-8-9-13-24(23)27-33-34-35-37(27)19-20-10-6-5-7-11-20/h5-17,39H,4,18-19H2,1-3H3,(H2,31,32). The minimum atomic E-state index is -1.37. The number of nitrogen functional groups attached to an aromatic ring is 1. The molecule has 3 N–H and O–H groups in total. The second kappa shape index (κ2) is 11.1. The third-order valence-corrected chi connectivity index (χ3v) is 6.53. The van der Waals surface area contributed by atoms with Gasteiger partial charge in [0.25, 0.3) is 0 Å². The molecule has 204 valence electrons. The number of ether oxygens (including phenoxy) is 1. The molecule has 5 rings (SSSR count). The maximum Gasteiger partial charge on any atom is 0.357 e. The van der Waals surface area contributed by atoms with Crippen molar-refractivity contribution in [3.05, 3.63) is 101 Å². The van der Waals surface area contributed by atoms with Gasteiger partial charge in [0.15, 0.2) is 11.5 Å². The minimum absolute atomic E-state index is 0.125. The molecular weight excluding hydrogens is 506 g/mol. The molecule has 2 heterocycles. The molecule has 0 fully saturated rings. The first-order valence-corrected chi connectivity index (χ1v) is 13.0. The van der Waals surface area contributed by atoms with E-state index in [0.29, 0.717) is 12.4 Å². The third kappa shape index (κ3) is 5.48. The van der Waals surface area contributed by atoms with Crippen LogP contribution in [0.2, 0.25) is 0 Å². The lowest BCUT2D eigenvalue weighted by Gasteiger charge is -2.17. The number of aliphatic hydroxyl groups is 1. The Kier molecular flexibility index (Phi) is 7.43. The highest BCUT2D eigenvalue weighted by atomic mass is 16.5. The van der Waals surface area contributed by atoms with Crippen LogP contribution in [0.4, 0.5) is 5.95 Å². The van der Waals surface area contributed by atoms with Gasteiger partial charge in [0.05, 0.1) is 19.7 Å². The van der Waals surface area contributed by atoms with E-state index in [0.717, 1.165) is 27.8 Å². The smallest absolute Gasteiger partial charge is 0.357 e. The third-order valence-electron chi connectivity index (χ3n) is 6.53. The maximum atomic E-state index is 12.8. The predicted octanol–water partition coefficient (Wildman–Crippen LogP) is 4.29. The van der Waals surface area contributed by atoms with Crippen molar-refractivity contribution >= 4 is 11.9 Å². The number of hydrogen-bond acceptors (Lipinski definition) is 8. The van der Waals surface area contributed by atoms with Crippen molar-refractivity contribution in [3.8, 4) is 22.5 Å². The van der Waals surface area contributed by atoms with E-state index in [1.807, 2.05) is 78.9 Å². The highest BCUT2D eigenvalue weighted by Gasteiger charge is 2.32. The van der Waals surface area contributed by atoms with E-state index < -0.39 is 11.6 Å². The summed E-state index contributed by atoms with van der Waals surface area (Å²) in [7, 11) is 0. The number of carbonyl (C=O) groups excluding carboxylic acids is 1. The van der Waals surface area contributed by atoms with Crippen molar-refractivity contribution < 1.29 is 14.6 Å². The molecule has 0 spiro atoms. The van der Waals surface area contributed by atoms with Gasteiger partial charge in [-0.1, -0.05) is 78.9 Å². The van der Waals surface area contributed by atoms with Crippen molar-refractivity contribution in [1.82, 2.24) is 29.8 Å². The number of esters is 1. The number of benzene rings is 3. The Morgan fingerprint density at radius 2 is 1.57 bits per heavy atom. The lowest BCUT2D eigenvalue weighted by Crippen LogP contribution is -2.23. The SMILES string of the molecule is CCOC(=O)c1c(C(C)(C)O)nc(N)n1Cc1ccc(-c2ccccc2-c2nnnn2Cc2ccccc2)cc1. The van der Waals surface area contributed by atoms with Crippen LogP contribution in [0, 0.1) is 0 Å². The van der Waals surface area contributed by atoms with Gasteiger partial charge in [0.2, 0.25) is 5.95 Å². The van der Waals surface area contributed by atoms with Gasteiger partial charge in [0, 0.05) is 5.56 Å². The summed E-state index contributed by atoms with van der Waals surface area (Å²) in [5, 5.41) is 23.1. The Morgan fingerprint density at radius 1 is 0.925 bits per heavy atom. The Labute approximate surface area is 232 Å². The van der Waals surface area contributed by atoms with Crippen LogP contribution in [0.15, 0.2) is 78.9 Å². The van der Waals surface area contributed by atoms with E-state index >= 15 is 0 Å². The van der Waals surface area contributed by atoms with E-state index in [4.69, 9.17) is 10.5 Å². The van der Waals surface area contributed by atoms with Crippen LogP contribution in [0.3, 0.4) is 0 Å². The van der Waals surface area contributed by atoms with Crippen LogP contribution in [-0.2, 0) is 23.4 Å². The second-order valence-electron chi connectivity index (χ2n) is 9.92. The maximum absolute atomic E-state index is 12.8. The van der Waals surface area contributed by atoms with Crippen molar-refractivity contribution in [2.45, 2.75) is 39.5 Å². The summed E-state index contributed by atoms with van der Waals surface area (Å²) in [4.78, 5) is 17.1. The summed E-state index contributed by atoms with van der Waals surface area (Å²) in [6.45, 7) is 5.87. The van der Waals surface area contributed by atoms with Crippen LogP contribution >= 0.6 is 0 Å². The Bertz CT molecular complexity index is 1620. The number of carbonyl (C=O) groups is 1. The summed E-state index contributed by atoms with van der Waals surface area (Å²) < 4.78 is 8.61. The van der Waals surface area contributed by atoms with Crippen molar-refractivity contribution in [2.75, 3.05) is 12.3 Å². The first-order chi connectivity index (χ1) is 19.3. The summed E-state index contributed by atoms with van der Waals surface area (Å²) in [5.41, 5.74) is 10.0. The second-order valence-corrected chi connectivity index (χ2v) is 9.92. The summed E-state index contributed by atoms with van der Waals surface area (Å²) >= 11 is 0. The molecule has 0 unspecified atom stereocenters. The zero-order chi connectivity index (χ0) is 28.3. The number of nitrogens with zero attached hydrogens (tertiary/aromatic N) is 6. The van der Waals surface area contributed by atoms with Crippen LogP contribution in [0.1, 0.15) is 48.1 Å². The number of anilines is 1. The molecule has 10 nitrogen and oxygen atoms in total. The average molecular weight is 538 g/mol. The van der Waals surface area contributed by atoms with Gasteiger partial charge >= 0.3 is 5.97 Å². The molecule has 3 aromatic carbocycles. The fraction of sp³-hybridized carbons (Fsp3) is 0.233.